The van der Waals surface area contributed by atoms with E-state index < -0.39 is 29.2 Å². The molecule has 0 aliphatic carbocycles. The Kier molecular flexibility index (Phi) is 6.69. The molecule has 3 aromatic rings. The van der Waals surface area contributed by atoms with Gasteiger partial charge >= 0.3 is 0 Å². The van der Waals surface area contributed by atoms with Gasteiger partial charge in [0.2, 0.25) is 5.91 Å². The van der Waals surface area contributed by atoms with Crippen LogP contribution in [-0.4, -0.2) is 53.9 Å². The molecule has 2 aromatic heterocycles. The lowest BCUT2D eigenvalue weighted by molar-refractivity contribution is -0.124. The summed E-state index contributed by atoms with van der Waals surface area (Å²) in [6, 6.07) is 6.48. The summed E-state index contributed by atoms with van der Waals surface area (Å²) in [4.78, 5) is 30.2. The first kappa shape index (κ1) is 23.5. The van der Waals surface area contributed by atoms with E-state index >= 15 is 4.39 Å². The number of carbonyl (C=O) groups is 2. The van der Waals surface area contributed by atoms with E-state index in [1.165, 1.54) is 29.6 Å². The van der Waals surface area contributed by atoms with Crippen LogP contribution >= 0.6 is 0 Å². The summed E-state index contributed by atoms with van der Waals surface area (Å²) in [7, 11) is 0. The zero-order chi connectivity index (χ0) is 24.3. The Morgan fingerprint density at radius 2 is 1.97 bits per heavy atom. The fourth-order valence-corrected chi connectivity index (χ4v) is 3.86. The molecule has 0 saturated carbocycles. The Hall–Kier alpha value is -3.66. The maximum atomic E-state index is 15.3. The summed E-state index contributed by atoms with van der Waals surface area (Å²) in [5.74, 6) is -1.47. The normalized spacial score (nSPS) is 15.1. The van der Waals surface area contributed by atoms with E-state index in [1.54, 1.807) is 24.4 Å². The molecule has 0 bridgehead atoms. The first-order chi connectivity index (χ1) is 16.2. The summed E-state index contributed by atoms with van der Waals surface area (Å²) in [5.41, 5.74) is 0.607. The van der Waals surface area contributed by atoms with Crippen molar-refractivity contribution in [3.05, 3.63) is 66.1 Å². The molecule has 1 aromatic carbocycles. The first-order valence-corrected chi connectivity index (χ1v) is 11.0. The second-order valence-electron chi connectivity index (χ2n) is 9.06. The van der Waals surface area contributed by atoms with Gasteiger partial charge in [0.15, 0.2) is 6.04 Å². The van der Waals surface area contributed by atoms with Crippen molar-refractivity contribution in [2.75, 3.05) is 36.1 Å². The number of nitrogens with one attached hydrogen (secondary N) is 2. The highest BCUT2D eigenvalue weighted by Crippen LogP contribution is 2.33. The molecule has 1 unspecified atom stereocenters. The molecule has 1 aliphatic rings. The number of aromatic amines is 1. The topological polar surface area (TPSA) is 104 Å². The molecule has 3 heterocycles. The fraction of sp³-hybridized carbons (Fsp3) is 0.375. The maximum absolute atomic E-state index is 15.3. The number of hydrogen-bond donors (Lipinski definition) is 2. The highest BCUT2D eigenvalue weighted by Gasteiger charge is 2.37. The van der Waals surface area contributed by atoms with Crippen LogP contribution in [0, 0.1) is 5.82 Å². The lowest BCUT2D eigenvalue weighted by Crippen LogP contribution is -2.49. The molecule has 34 heavy (non-hydrogen) atoms. The third kappa shape index (κ3) is 5.12. The van der Waals surface area contributed by atoms with Crippen LogP contribution in [0.5, 0.6) is 0 Å². The van der Waals surface area contributed by atoms with Gasteiger partial charge in [0.1, 0.15) is 12.1 Å². The number of halogens is 1. The zero-order valence-electron chi connectivity index (χ0n) is 19.4. The van der Waals surface area contributed by atoms with Gasteiger partial charge in [-0.15, -0.1) is 0 Å². The number of morpholine rings is 1. The number of hydrogen-bond acceptors (Lipinski definition) is 6. The number of furan rings is 1. The Bertz CT molecular complexity index is 1120. The second-order valence-corrected chi connectivity index (χ2v) is 9.06. The van der Waals surface area contributed by atoms with Crippen LogP contribution in [0.2, 0.25) is 0 Å². The average Bonchev–Trinajstić information content (AvgIpc) is 3.50. The minimum atomic E-state index is -1.15. The van der Waals surface area contributed by atoms with Crippen molar-refractivity contribution in [3.8, 4) is 0 Å². The molecular formula is C24H28FN5O4. The highest BCUT2D eigenvalue weighted by atomic mass is 19.1. The van der Waals surface area contributed by atoms with Gasteiger partial charge in [-0.2, -0.15) is 5.10 Å². The second kappa shape index (κ2) is 9.68. The molecule has 1 fully saturated rings. The Morgan fingerprint density at radius 3 is 2.56 bits per heavy atom. The molecule has 1 aliphatic heterocycles. The van der Waals surface area contributed by atoms with Crippen LogP contribution in [0.15, 0.2) is 53.5 Å². The van der Waals surface area contributed by atoms with Gasteiger partial charge in [-0.3, -0.25) is 19.6 Å². The molecule has 9 nitrogen and oxygen atoms in total. The van der Waals surface area contributed by atoms with Crippen molar-refractivity contribution in [2.45, 2.75) is 32.4 Å². The van der Waals surface area contributed by atoms with Crippen molar-refractivity contribution < 1.29 is 23.1 Å². The zero-order valence-corrected chi connectivity index (χ0v) is 19.4. The maximum Gasteiger partial charge on any atom is 0.262 e. The fourth-order valence-electron chi connectivity index (χ4n) is 3.86. The van der Waals surface area contributed by atoms with Crippen LogP contribution in [0.25, 0.3) is 0 Å². The van der Waals surface area contributed by atoms with Crippen LogP contribution in [-0.2, 0) is 9.53 Å². The van der Waals surface area contributed by atoms with Gasteiger partial charge in [-0.25, -0.2) is 4.39 Å². The number of ether oxygens (including phenoxy) is 1. The van der Waals surface area contributed by atoms with Crippen molar-refractivity contribution in [1.29, 1.82) is 0 Å². The molecule has 0 radical (unpaired) electrons. The summed E-state index contributed by atoms with van der Waals surface area (Å²) in [6.45, 7) is 7.68. The van der Waals surface area contributed by atoms with E-state index in [2.05, 4.69) is 15.5 Å². The smallest absolute Gasteiger partial charge is 0.262 e. The van der Waals surface area contributed by atoms with Crippen LogP contribution in [0.1, 0.15) is 42.9 Å². The number of benzene rings is 1. The van der Waals surface area contributed by atoms with E-state index in [9.17, 15) is 9.59 Å². The van der Waals surface area contributed by atoms with Gasteiger partial charge in [-0.05, 0) is 51.1 Å². The Morgan fingerprint density at radius 1 is 1.21 bits per heavy atom. The summed E-state index contributed by atoms with van der Waals surface area (Å²) in [6.07, 6.45) is 4.22. The average molecular weight is 470 g/mol. The minimum absolute atomic E-state index is 0.220. The van der Waals surface area contributed by atoms with Crippen molar-refractivity contribution in [3.63, 3.8) is 0 Å². The Balaban J connectivity index is 1.79. The van der Waals surface area contributed by atoms with E-state index in [4.69, 9.17) is 9.15 Å². The number of H-pyrrole nitrogens is 1. The molecule has 2 N–H and O–H groups in total. The first-order valence-electron chi connectivity index (χ1n) is 11.0. The summed E-state index contributed by atoms with van der Waals surface area (Å²) in [5, 5.41) is 9.77. The predicted molar refractivity (Wildman–Crippen MR) is 124 cm³/mol. The van der Waals surface area contributed by atoms with E-state index in [-0.39, 0.29) is 11.3 Å². The van der Waals surface area contributed by atoms with Gasteiger partial charge in [0.05, 0.1) is 36.4 Å². The van der Waals surface area contributed by atoms with Crippen molar-refractivity contribution in [2.24, 2.45) is 0 Å². The number of aromatic nitrogens is 2. The summed E-state index contributed by atoms with van der Waals surface area (Å²) < 4.78 is 25.8. The van der Waals surface area contributed by atoms with E-state index in [0.717, 1.165) is 0 Å². The van der Waals surface area contributed by atoms with Gasteiger partial charge in [-0.1, -0.05) is 0 Å². The van der Waals surface area contributed by atoms with Gasteiger partial charge in [0, 0.05) is 30.5 Å². The number of amides is 2. The molecule has 180 valence electrons. The number of rotatable bonds is 6. The highest BCUT2D eigenvalue weighted by molar-refractivity contribution is 6.10. The number of nitrogens with zero attached hydrogens (tertiary/aromatic N) is 3. The van der Waals surface area contributed by atoms with E-state index in [1.807, 2.05) is 25.7 Å². The lowest BCUT2D eigenvalue weighted by atomic mass is 10.0. The predicted octanol–water partition coefficient (Wildman–Crippen LogP) is 3.28. The summed E-state index contributed by atoms with van der Waals surface area (Å²) >= 11 is 0. The van der Waals surface area contributed by atoms with Gasteiger partial charge in [0.25, 0.3) is 5.91 Å². The van der Waals surface area contributed by atoms with Crippen LogP contribution < -0.4 is 15.1 Å². The lowest BCUT2D eigenvalue weighted by Gasteiger charge is -2.33. The minimum Gasteiger partial charge on any atom is -0.472 e. The molecular weight excluding hydrogens is 441 g/mol. The SMILES string of the molecule is CC(C)(C)NC(=O)C(c1cc[nH]n1)N(C(=O)c1ccoc1)c1ccc(N2CCOCC2)c(F)c1. The van der Waals surface area contributed by atoms with E-state index in [0.29, 0.717) is 37.7 Å². The largest absolute Gasteiger partial charge is 0.472 e. The van der Waals surface area contributed by atoms with Gasteiger partial charge < -0.3 is 19.4 Å². The van der Waals surface area contributed by atoms with Crippen molar-refractivity contribution in [1.82, 2.24) is 15.5 Å². The monoisotopic (exact) mass is 469 g/mol. The number of anilines is 2. The number of carbonyl (C=O) groups excluding carboxylic acids is 2. The third-order valence-electron chi connectivity index (χ3n) is 5.36. The molecule has 0 spiro atoms. The van der Waals surface area contributed by atoms with Crippen molar-refractivity contribution >= 4 is 23.2 Å². The molecule has 1 saturated heterocycles. The standard InChI is InChI=1S/C24H28FN5O4/c1-24(2,3)27-22(31)21(19-6-8-26-28-19)30(23(32)16-7-11-34-15-16)17-4-5-20(18(25)14-17)29-9-12-33-13-10-29/h4-8,11,14-15,21H,9-10,12-13H2,1-3H3,(H,26,28)(H,27,31). The molecule has 1 atom stereocenters. The molecule has 10 heteroatoms. The van der Waals surface area contributed by atoms with Crippen LogP contribution in [0.3, 0.4) is 0 Å². The molecule has 2 amide bonds. The Labute approximate surface area is 196 Å². The third-order valence-corrected chi connectivity index (χ3v) is 5.36. The quantitative estimate of drug-likeness (QED) is 0.574. The molecule has 4 rings (SSSR count). The van der Waals surface area contributed by atoms with Crippen LogP contribution in [0.4, 0.5) is 15.8 Å².